The number of hydrogen-bond donors (Lipinski definition) is 1. The number of aliphatic hydroxyl groups excluding tert-OH is 1. The van der Waals surface area contributed by atoms with E-state index < -0.39 is 0 Å². The van der Waals surface area contributed by atoms with E-state index in [1.54, 1.807) is 0 Å². The molecule has 214 valence electrons. The topological polar surface area (TPSA) is 47.9 Å². The van der Waals surface area contributed by atoms with Crippen LogP contribution < -0.4 is 0 Å². The fourth-order valence-corrected chi connectivity index (χ4v) is 5.41. The van der Waals surface area contributed by atoms with Crippen molar-refractivity contribution >= 4 is 0 Å². The molecule has 1 fully saturated rings. The van der Waals surface area contributed by atoms with Crippen molar-refractivity contribution in [1.82, 2.24) is 0 Å². The standard InChI is InChI=1S/C32H62O4/c1-5-8-11-14-17-18-21-24-28(4)30-32(35-26-23-20-16-13-10-7-3)31(29(27-33)36-30)34-25-22-19-15-12-9-6-2/h5,28-33H,1,6-27H2,2-4H3/t28?,29-,30+,31-,32-/m1/s1. The Bertz CT molecular complexity index is 483. The Morgan fingerprint density at radius 2 is 1.22 bits per heavy atom. The van der Waals surface area contributed by atoms with E-state index in [2.05, 4.69) is 27.4 Å². The first kappa shape index (κ1) is 33.6. The van der Waals surface area contributed by atoms with Crippen LogP contribution in [0.25, 0.3) is 0 Å². The lowest BCUT2D eigenvalue weighted by molar-refractivity contribution is -0.0761. The summed E-state index contributed by atoms with van der Waals surface area (Å²) in [5.74, 6) is 0.407. The zero-order chi connectivity index (χ0) is 26.3. The summed E-state index contributed by atoms with van der Waals surface area (Å²) >= 11 is 0. The van der Waals surface area contributed by atoms with Crippen LogP contribution in [0.5, 0.6) is 0 Å². The Balaban J connectivity index is 2.55. The highest BCUT2D eigenvalue weighted by molar-refractivity contribution is 4.95. The molecule has 36 heavy (non-hydrogen) atoms. The normalized spacial score (nSPS) is 22.8. The van der Waals surface area contributed by atoms with Gasteiger partial charge in [0, 0.05) is 13.2 Å². The third-order valence-electron chi connectivity index (χ3n) is 7.77. The Kier molecular flexibility index (Phi) is 22.1. The smallest absolute Gasteiger partial charge is 0.115 e. The molecule has 1 N–H and O–H groups in total. The van der Waals surface area contributed by atoms with Crippen molar-refractivity contribution in [3.63, 3.8) is 0 Å². The van der Waals surface area contributed by atoms with Crippen molar-refractivity contribution in [1.29, 1.82) is 0 Å². The molecular weight excluding hydrogens is 448 g/mol. The number of aliphatic hydroxyl groups is 1. The molecule has 5 atom stereocenters. The van der Waals surface area contributed by atoms with Gasteiger partial charge in [0.25, 0.3) is 0 Å². The molecule has 1 heterocycles. The third kappa shape index (κ3) is 15.1. The van der Waals surface area contributed by atoms with Gasteiger partial charge in [0.1, 0.15) is 18.3 Å². The summed E-state index contributed by atoms with van der Waals surface area (Å²) in [6, 6.07) is 0. The van der Waals surface area contributed by atoms with Crippen LogP contribution in [0.3, 0.4) is 0 Å². The van der Waals surface area contributed by atoms with Crippen molar-refractivity contribution in [3.8, 4) is 0 Å². The Hall–Kier alpha value is -0.420. The lowest BCUT2D eigenvalue weighted by atomic mass is 9.92. The van der Waals surface area contributed by atoms with Gasteiger partial charge in [0.05, 0.1) is 12.7 Å². The maximum absolute atomic E-state index is 10.1. The van der Waals surface area contributed by atoms with Gasteiger partial charge >= 0.3 is 0 Å². The van der Waals surface area contributed by atoms with Crippen molar-refractivity contribution in [3.05, 3.63) is 12.7 Å². The quantitative estimate of drug-likeness (QED) is 0.0933. The molecule has 0 amide bonds. The van der Waals surface area contributed by atoms with Gasteiger partial charge in [-0.25, -0.2) is 0 Å². The van der Waals surface area contributed by atoms with E-state index in [0.717, 1.165) is 38.9 Å². The highest BCUT2D eigenvalue weighted by atomic mass is 16.6. The molecule has 0 aromatic rings. The van der Waals surface area contributed by atoms with Crippen molar-refractivity contribution in [2.24, 2.45) is 5.92 Å². The molecule has 1 aliphatic rings. The number of hydrogen-bond acceptors (Lipinski definition) is 4. The first-order valence-electron chi connectivity index (χ1n) is 15.8. The summed E-state index contributed by atoms with van der Waals surface area (Å²) < 4.78 is 19.3. The Morgan fingerprint density at radius 1 is 0.722 bits per heavy atom. The Labute approximate surface area is 224 Å². The lowest BCUT2D eigenvalue weighted by Gasteiger charge is -2.28. The molecule has 1 unspecified atom stereocenters. The van der Waals surface area contributed by atoms with Crippen molar-refractivity contribution in [2.45, 2.75) is 167 Å². The predicted octanol–water partition coefficient (Wildman–Crippen LogP) is 8.79. The van der Waals surface area contributed by atoms with Gasteiger partial charge in [-0.1, -0.05) is 117 Å². The van der Waals surface area contributed by atoms with E-state index in [0.29, 0.717) is 5.92 Å². The highest BCUT2D eigenvalue weighted by Crippen LogP contribution is 2.33. The number of unbranched alkanes of at least 4 members (excludes halogenated alkanes) is 15. The van der Waals surface area contributed by atoms with E-state index in [-0.39, 0.29) is 31.0 Å². The lowest BCUT2D eigenvalue weighted by Crippen LogP contribution is -2.41. The van der Waals surface area contributed by atoms with Crippen LogP contribution in [0.1, 0.15) is 143 Å². The molecular formula is C32H62O4. The maximum Gasteiger partial charge on any atom is 0.115 e. The number of allylic oxidation sites excluding steroid dienone is 1. The van der Waals surface area contributed by atoms with Crippen LogP contribution in [-0.2, 0) is 14.2 Å². The summed E-state index contributed by atoms with van der Waals surface area (Å²) in [5.41, 5.74) is 0. The number of ether oxygens (including phenoxy) is 3. The highest BCUT2D eigenvalue weighted by Gasteiger charge is 2.47. The average molecular weight is 511 g/mol. The summed E-state index contributed by atoms with van der Waals surface area (Å²) in [5, 5.41) is 10.1. The molecule has 0 aliphatic carbocycles. The molecule has 0 saturated carbocycles. The molecule has 0 bridgehead atoms. The van der Waals surface area contributed by atoms with Crippen molar-refractivity contribution < 1.29 is 19.3 Å². The van der Waals surface area contributed by atoms with Gasteiger partial charge in [-0.05, 0) is 38.0 Å². The molecule has 4 nitrogen and oxygen atoms in total. The molecule has 1 aliphatic heterocycles. The minimum atomic E-state index is -0.272. The average Bonchev–Trinajstić information content (AvgIpc) is 3.24. The van der Waals surface area contributed by atoms with Gasteiger partial charge in [0.2, 0.25) is 0 Å². The van der Waals surface area contributed by atoms with E-state index in [4.69, 9.17) is 14.2 Å². The van der Waals surface area contributed by atoms with Gasteiger partial charge in [-0.3, -0.25) is 0 Å². The molecule has 0 radical (unpaired) electrons. The summed E-state index contributed by atoms with van der Waals surface area (Å²) in [6.45, 7) is 12.1. The van der Waals surface area contributed by atoms with E-state index in [1.165, 1.54) is 96.3 Å². The third-order valence-corrected chi connectivity index (χ3v) is 7.77. The second-order valence-electron chi connectivity index (χ2n) is 11.1. The van der Waals surface area contributed by atoms with Crippen LogP contribution in [0, 0.1) is 5.92 Å². The second-order valence-corrected chi connectivity index (χ2v) is 11.1. The summed E-state index contributed by atoms with van der Waals surface area (Å²) in [7, 11) is 0. The predicted molar refractivity (Wildman–Crippen MR) is 154 cm³/mol. The zero-order valence-electron chi connectivity index (χ0n) is 24.4. The molecule has 0 aromatic carbocycles. The monoisotopic (exact) mass is 510 g/mol. The minimum Gasteiger partial charge on any atom is -0.394 e. The van der Waals surface area contributed by atoms with Gasteiger partial charge in [-0.15, -0.1) is 6.58 Å². The minimum absolute atomic E-state index is 0.00453. The summed E-state index contributed by atoms with van der Waals surface area (Å²) in [4.78, 5) is 0. The fraction of sp³-hybridized carbons (Fsp3) is 0.938. The van der Waals surface area contributed by atoms with Crippen LogP contribution >= 0.6 is 0 Å². The van der Waals surface area contributed by atoms with Crippen LogP contribution in [0.15, 0.2) is 12.7 Å². The Morgan fingerprint density at radius 3 is 1.78 bits per heavy atom. The molecule has 4 heteroatoms. The number of rotatable bonds is 26. The molecule has 1 saturated heterocycles. The van der Waals surface area contributed by atoms with Crippen molar-refractivity contribution in [2.75, 3.05) is 19.8 Å². The molecule has 0 spiro atoms. The molecule has 1 rings (SSSR count). The van der Waals surface area contributed by atoms with E-state index in [9.17, 15) is 5.11 Å². The molecule has 0 aromatic heterocycles. The van der Waals surface area contributed by atoms with E-state index >= 15 is 0 Å². The van der Waals surface area contributed by atoms with Gasteiger partial charge < -0.3 is 19.3 Å². The van der Waals surface area contributed by atoms with Crippen LogP contribution in [0.4, 0.5) is 0 Å². The largest absolute Gasteiger partial charge is 0.394 e. The van der Waals surface area contributed by atoms with Crippen LogP contribution in [0.2, 0.25) is 0 Å². The maximum atomic E-state index is 10.1. The second kappa shape index (κ2) is 23.7. The van der Waals surface area contributed by atoms with Crippen LogP contribution in [-0.4, -0.2) is 49.3 Å². The van der Waals surface area contributed by atoms with Gasteiger partial charge in [-0.2, -0.15) is 0 Å². The SMILES string of the molecule is C=CCCCCCCCC(C)[C@@H]1O[C@H](CO)[C@@H](OCCCCCCCC)[C@@H]1OCCCCCCCC. The first-order chi connectivity index (χ1) is 17.7. The summed E-state index contributed by atoms with van der Waals surface area (Å²) in [6.07, 6.45) is 25.2. The zero-order valence-corrected chi connectivity index (χ0v) is 24.4. The van der Waals surface area contributed by atoms with Gasteiger partial charge in [0.15, 0.2) is 0 Å². The van der Waals surface area contributed by atoms with E-state index in [1.807, 2.05) is 6.08 Å². The fourth-order valence-electron chi connectivity index (χ4n) is 5.41. The first-order valence-corrected chi connectivity index (χ1v) is 15.8.